The minimum Gasteiger partial charge on any atom is -0.379 e. The minimum atomic E-state index is 0.0507. The Labute approximate surface area is 401 Å². The molecule has 0 amide bonds. The van der Waals surface area contributed by atoms with Crippen LogP contribution in [0.25, 0.3) is 0 Å². The monoisotopic (exact) mass is 910 g/mol. The molecule has 7 nitrogen and oxygen atoms in total. The van der Waals surface area contributed by atoms with Crippen LogP contribution >= 0.6 is 0 Å². The van der Waals surface area contributed by atoms with Crippen LogP contribution in [0, 0.1) is 46.3 Å². The normalized spacial score (nSPS) is 29.3. The van der Waals surface area contributed by atoms with Gasteiger partial charge in [0.2, 0.25) is 0 Å². The molecule has 0 spiro atoms. The van der Waals surface area contributed by atoms with E-state index in [-0.39, 0.29) is 6.10 Å². The highest BCUT2D eigenvalue weighted by Crippen LogP contribution is 2.67. The average Bonchev–Trinajstić information content (AvgIpc) is 3.66. The molecule has 3 saturated carbocycles. The van der Waals surface area contributed by atoms with Crippen LogP contribution in [0.4, 0.5) is 0 Å². The summed E-state index contributed by atoms with van der Waals surface area (Å²) in [6, 6.07) is 0. The zero-order chi connectivity index (χ0) is 46.0. The van der Waals surface area contributed by atoms with Crippen LogP contribution in [-0.2, 0) is 28.4 Å². The van der Waals surface area contributed by atoms with Gasteiger partial charge in [-0.05, 0) is 136 Å². The highest BCUT2D eigenvalue weighted by Gasteiger charge is 2.59. The van der Waals surface area contributed by atoms with Gasteiger partial charge < -0.3 is 28.4 Å². The van der Waals surface area contributed by atoms with Crippen LogP contribution in [0.2, 0.25) is 0 Å². The van der Waals surface area contributed by atoms with Gasteiger partial charge >= 0.3 is 0 Å². The fourth-order valence-electron chi connectivity index (χ4n) is 13.3. The highest BCUT2D eigenvalue weighted by molar-refractivity contribution is 5.25. The number of nitrogens with zero attached hydrogens (tertiary/aromatic N) is 1. The molecular weight excluding hydrogens is 807 g/mol. The quantitative estimate of drug-likeness (QED) is 0.0464. The lowest BCUT2D eigenvalue weighted by Crippen LogP contribution is -2.51. The van der Waals surface area contributed by atoms with Crippen LogP contribution in [0.1, 0.15) is 189 Å². The lowest BCUT2D eigenvalue weighted by Gasteiger charge is -2.58. The van der Waals surface area contributed by atoms with Crippen molar-refractivity contribution >= 4 is 0 Å². The standard InChI is InChI=1S/C58H103NO6/c1-7-8-9-10-11-12-13-14-15-16-17-18-19-20-21-22-36-63-47-52(46-59-34-37-60-38-35-59)65-44-42-62-40-39-61-41-43-64-51-30-32-57(5)50(45-51)26-27-53-55-29-28-54(49(4)25-23-24-48(2)3)58(55,6)33-31-56(53)57/h11-12,14-15,26,48-49,51-56H,7-10,13,16-25,27-47H2,1-6H3/b12-11-,15-14-/t49-,51+,52?,53+,54-,55+,56+,57+,58-/m1/s1. The van der Waals surface area contributed by atoms with E-state index < -0.39 is 0 Å². The van der Waals surface area contributed by atoms with E-state index in [1.54, 1.807) is 5.57 Å². The molecule has 0 N–H and O–H groups in total. The van der Waals surface area contributed by atoms with Crippen molar-refractivity contribution in [1.82, 2.24) is 4.90 Å². The van der Waals surface area contributed by atoms with Crippen molar-refractivity contribution in [3.8, 4) is 0 Å². The maximum absolute atomic E-state index is 6.46. The summed E-state index contributed by atoms with van der Waals surface area (Å²) in [5, 5.41) is 0. The molecule has 0 aromatic carbocycles. The van der Waals surface area contributed by atoms with Crippen LogP contribution in [0.15, 0.2) is 36.0 Å². The number of ether oxygens (including phenoxy) is 6. The summed E-state index contributed by atoms with van der Waals surface area (Å²) < 4.78 is 36.4. The summed E-state index contributed by atoms with van der Waals surface area (Å²) in [6.07, 6.45) is 42.6. The number of hydrogen-bond acceptors (Lipinski definition) is 7. The maximum atomic E-state index is 6.46. The van der Waals surface area contributed by atoms with Gasteiger partial charge in [0.05, 0.1) is 71.7 Å². The lowest BCUT2D eigenvalue weighted by molar-refractivity contribution is -0.0724. The second-order valence-corrected chi connectivity index (χ2v) is 22.3. The Morgan fingerprint density at radius 1 is 0.708 bits per heavy atom. The number of allylic oxidation sites excluding steroid dienone is 5. The second kappa shape index (κ2) is 31.2. The number of unbranched alkanes of at least 4 members (excludes halogenated alkanes) is 9. The molecule has 1 heterocycles. The number of fused-ring (bicyclic) bond motifs is 5. The first-order chi connectivity index (χ1) is 31.7. The SMILES string of the molecule is CCCCC/C=C\C/C=C\CCCCCCCCOCC(CN1CCOCC1)OCCOCCOCCO[C@H]1CC[C@@]2(C)C(=CC[C@H]3[C@@H]4CC[C@H]([C@H](C)CCCC(C)C)[C@@]4(C)CC[C@@H]32)C1. The molecule has 4 aliphatic carbocycles. The maximum Gasteiger partial charge on any atom is 0.0936 e. The van der Waals surface area contributed by atoms with Crippen molar-refractivity contribution in [2.24, 2.45) is 46.3 Å². The Bertz CT molecular complexity index is 1330. The fraction of sp³-hybridized carbons (Fsp3) is 0.897. The molecule has 0 radical (unpaired) electrons. The second-order valence-electron chi connectivity index (χ2n) is 22.3. The molecule has 7 heteroatoms. The van der Waals surface area contributed by atoms with Crippen LogP contribution in [-0.4, -0.2) is 103 Å². The van der Waals surface area contributed by atoms with Gasteiger partial charge in [0.15, 0.2) is 0 Å². The predicted molar refractivity (Wildman–Crippen MR) is 272 cm³/mol. The molecule has 5 rings (SSSR count). The molecule has 5 aliphatic rings. The fourth-order valence-corrected chi connectivity index (χ4v) is 13.3. The lowest BCUT2D eigenvalue weighted by atomic mass is 9.47. The van der Waals surface area contributed by atoms with E-state index >= 15 is 0 Å². The summed E-state index contributed by atoms with van der Waals surface area (Å²) in [7, 11) is 0. The topological polar surface area (TPSA) is 58.6 Å². The van der Waals surface area contributed by atoms with Gasteiger partial charge in [-0.1, -0.05) is 135 Å². The van der Waals surface area contributed by atoms with Crippen molar-refractivity contribution in [2.45, 2.75) is 201 Å². The van der Waals surface area contributed by atoms with E-state index in [0.717, 1.165) is 94.2 Å². The first-order valence-corrected chi connectivity index (χ1v) is 28.0. The Hall–Kier alpha value is -1.06. The van der Waals surface area contributed by atoms with E-state index in [1.165, 1.54) is 128 Å². The smallest absolute Gasteiger partial charge is 0.0936 e. The van der Waals surface area contributed by atoms with Crippen molar-refractivity contribution in [1.29, 1.82) is 0 Å². The van der Waals surface area contributed by atoms with Gasteiger partial charge in [0.1, 0.15) is 0 Å². The first kappa shape index (κ1) is 54.9. The summed E-state index contributed by atoms with van der Waals surface area (Å²) in [4.78, 5) is 2.44. The van der Waals surface area contributed by atoms with Crippen molar-refractivity contribution in [2.75, 3.05) is 85.7 Å². The van der Waals surface area contributed by atoms with Gasteiger partial charge in [-0.3, -0.25) is 4.90 Å². The Morgan fingerprint density at radius 3 is 2.17 bits per heavy atom. The van der Waals surface area contributed by atoms with E-state index in [9.17, 15) is 0 Å². The molecule has 0 aromatic rings. The molecule has 1 aliphatic heterocycles. The molecule has 1 unspecified atom stereocenters. The van der Waals surface area contributed by atoms with Crippen molar-refractivity contribution in [3.05, 3.63) is 36.0 Å². The largest absolute Gasteiger partial charge is 0.379 e. The third-order valence-corrected chi connectivity index (χ3v) is 17.2. The molecule has 0 aromatic heterocycles. The van der Waals surface area contributed by atoms with Gasteiger partial charge in [-0.15, -0.1) is 0 Å². The average molecular weight is 910 g/mol. The predicted octanol–water partition coefficient (Wildman–Crippen LogP) is 14.0. The zero-order valence-electron chi connectivity index (χ0n) is 43.4. The van der Waals surface area contributed by atoms with Crippen molar-refractivity contribution in [3.63, 3.8) is 0 Å². The Morgan fingerprint density at radius 2 is 1.42 bits per heavy atom. The number of morpholine rings is 1. The molecule has 1 saturated heterocycles. The summed E-state index contributed by atoms with van der Waals surface area (Å²) in [5.41, 5.74) is 2.65. The zero-order valence-corrected chi connectivity index (χ0v) is 43.4. The van der Waals surface area contributed by atoms with Gasteiger partial charge in [0, 0.05) is 26.2 Å². The molecule has 4 fully saturated rings. The van der Waals surface area contributed by atoms with E-state index in [2.05, 4.69) is 76.8 Å². The summed E-state index contributed by atoms with van der Waals surface area (Å²) >= 11 is 0. The summed E-state index contributed by atoms with van der Waals surface area (Å²) in [5.74, 6) is 5.33. The summed E-state index contributed by atoms with van der Waals surface area (Å²) in [6.45, 7) is 24.4. The number of rotatable bonds is 35. The van der Waals surface area contributed by atoms with E-state index in [1.807, 2.05) is 0 Å². The van der Waals surface area contributed by atoms with Gasteiger partial charge in [-0.2, -0.15) is 0 Å². The van der Waals surface area contributed by atoms with Gasteiger partial charge in [0.25, 0.3) is 0 Å². The highest BCUT2D eigenvalue weighted by atomic mass is 16.6. The van der Waals surface area contributed by atoms with Crippen LogP contribution < -0.4 is 0 Å². The third kappa shape index (κ3) is 18.7. The molecule has 376 valence electrons. The van der Waals surface area contributed by atoms with Gasteiger partial charge in [-0.25, -0.2) is 0 Å². The molecule has 9 atom stereocenters. The van der Waals surface area contributed by atoms with Crippen molar-refractivity contribution < 1.29 is 28.4 Å². The van der Waals surface area contributed by atoms with Crippen LogP contribution in [0.5, 0.6) is 0 Å². The van der Waals surface area contributed by atoms with E-state index in [0.29, 0.717) is 63.2 Å². The molecular formula is C58H103NO6. The van der Waals surface area contributed by atoms with Crippen LogP contribution in [0.3, 0.4) is 0 Å². The first-order valence-electron chi connectivity index (χ1n) is 28.0. The minimum absolute atomic E-state index is 0.0507. The molecule has 65 heavy (non-hydrogen) atoms. The van der Waals surface area contributed by atoms with E-state index in [4.69, 9.17) is 28.4 Å². The Kier molecular flexibility index (Phi) is 26.4. The number of hydrogen-bond donors (Lipinski definition) is 0. The third-order valence-electron chi connectivity index (χ3n) is 17.2. The molecule has 0 bridgehead atoms. The Balaban J connectivity index is 0.871.